The van der Waals surface area contributed by atoms with Crippen molar-refractivity contribution in [2.24, 2.45) is 0 Å². The van der Waals surface area contributed by atoms with Gasteiger partial charge in [-0.1, -0.05) is 18.2 Å². The number of carbonyl (C=O) groups excluding carboxylic acids is 2. The first-order valence-corrected chi connectivity index (χ1v) is 12.0. The molecule has 1 aliphatic rings. The molecule has 0 aliphatic heterocycles. The molecule has 3 rings (SSSR count). The van der Waals surface area contributed by atoms with Crippen LogP contribution in [0.5, 0.6) is 0 Å². The predicted molar refractivity (Wildman–Crippen MR) is 128 cm³/mol. The standard InChI is InChI=1S/C24H32N4O3S/c1-24(2,3)31-23(30)28-18-10-11-21-17(14-18)15-19(16-26-21)27-22(29)25-12-7-13-32-20-8-5-4-6-9-20/h4-6,8-9,15-16,18H,7,10-14H2,1-3H3,(H,28,30)(H2,25,27,29). The van der Waals surface area contributed by atoms with E-state index in [2.05, 4.69) is 33.1 Å². The predicted octanol–water partition coefficient (Wildman–Crippen LogP) is 4.77. The first-order valence-electron chi connectivity index (χ1n) is 11.0. The van der Waals surface area contributed by atoms with Gasteiger partial charge in [-0.05, 0) is 76.0 Å². The van der Waals surface area contributed by atoms with Gasteiger partial charge in [-0.3, -0.25) is 4.98 Å². The minimum atomic E-state index is -0.525. The molecule has 0 saturated carbocycles. The number of anilines is 1. The summed E-state index contributed by atoms with van der Waals surface area (Å²) in [4.78, 5) is 30.0. The molecule has 8 heteroatoms. The number of hydrogen-bond acceptors (Lipinski definition) is 5. The minimum absolute atomic E-state index is 0.00894. The van der Waals surface area contributed by atoms with Crippen LogP contribution >= 0.6 is 11.8 Å². The smallest absolute Gasteiger partial charge is 0.407 e. The van der Waals surface area contributed by atoms with E-state index < -0.39 is 11.7 Å². The molecule has 1 aromatic heterocycles. The second-order valence-corrected chi connectivity index (χ2v) is 9.98. The Morgan fingerprint density at radius 2 is 2.00 bits per heavy atom. The van der Waals surface area contributed by atoms with Gasteiger partial charge in [-0.2, -0.15) is 0 Å². The molecular weight excluding hydrogens is 424 g/mol. The number of aromatic nitrogens is 1. The van der Waals surface area contributed by atoms with Crippen molar-refractivity contribution in [1.82, 2.24) is 15.6 Å². The van der Waals surface area contributed by atoms with E-state index in [-0.39, 0.29) is 12.1 Å². The van der Waals surface area contributed by atoms with Gasteiger partial charge >= 0.3 is 12.1 Å². The van der Waals surface area contributed by atoms with Gasteiger partial charge in [0.2, 0.25) is 0 Å². The Hall–Kier alpha value is -2.74. The van der Waals surface area contributed by atoms with E-state index in [1.165, 1.54) is 4.90 Å². The number of ether oxygens (including phenoxy) is 1. The van der Waals surface area contributed by atoms with Crippen LogP contribution in [0.3, 0.4) is 0 Å². The number of amides is 3. The Morgan fingerprint density at radius 1 is 1.22 bits per heavy atom. The number of urea groups is 1. The third-order valence-electron chi connectivity index (χ3n) is 4.85. The number of pyridine rings is 1. The summed E-state index contributed by atoms with van der Waals surface area (Å²) in [6.45, 7) is 6.14. The summed E-state index contributed by atoms with van der Waals surface area (Å²) in [7, 11) is 0. The molecule has 0 radical (unpaired) electrons. The third kappa shape index (κ3) is 8.07. The highest BCUT2D eigenvalue weighted by atomic mass is 32.2. The lowest BCUT2D eigenvalue weighted by molar-refractivity contribution is 0.0500. The molecule has 1 aliphatic carbocycles. The fourth-order valence-electron chi connectivity index (χ4n) is 3.44. The Morgan fingerprint density at radius 3 is 2.75 bits per heavy atom. The van der Waals surface area contributed by atoms with Crippen LogP contribution in [0.15, 0.2) is 47.5 Å². The van der Waals surface area contributed by atoms with Crippen LogP contribution in [0.1, 0.15) is 44.9 Å². The largest absolute Gasteiger partial charge is 0.444 e. The highest BCUT2D eigenvalue weighted by Gasteiger charge is 2.24. The second kappa shape index (κ2) is 11.2. The average Bonchev–Trinajstić information content (AvgIpc) is 2.72. The lowest BCUT2D eigenvalue weighted by Crippen LogP contribution is -2.42. The number of aryl methyl sites for hydroxylation is 1. The fraction of sp³-hybridized carbons (Fsp3) is 0.458. The SMILES string of the molecule is CC(C)(C)OC(=O)NC1CCc2ncc(NC(=O)NCCCSc3ccccc3)cc2C1. The van der Waals surface area contributed by atoms with Gasteiger partial charge < -0.3 is 20.7 Å². The van der Waals surface area contributed by atoms with E-state index >= 15 is 0 Å². The number of rotatable bonds is 7. The van der Waals surface area contributed by atoms with Crippen LogP contribution in [0.2, 0.25) is 0 Å². The van der Waals surface area contributed by atoms with E-state index in [1.807, 2.05) is 45.0 Å². The summed E-state index contributed by atoms with van der Waals surface area (Å²) in [6.07, 6.45) is 4.42. The number of benzene rings is 1. The van der Waals surface area contributed by atoms with Crippen molar-refractivity contribution in [3.8, 4) is 0 Å². The summed E-state index contributed by atoms with van der Waals surface area (Å²) in [5.41, 5.74) is 2.17. The first-order chi connectivity index (χ1) is 15.3. The van der Waals surface area contributed by atoms with E-state index in [0.29, 0.717) is 18.7 Å². The van der Waals surface area contributed by atoms with E-state index in [9.17, 15) is 9.59 Å². The molecule has 0 fully saturated rings. The molecule has 7 nitrogen and oxygen atoms in total. The molecule has 1 aromatic carbocycles. The Kier molecular flexibility index (Phi) is 8.39. The van der Waals surface area contributed by atoms with Crippen molar-refractivity contribution in [3.63, 3.8) is 0 Å². The van der Waals surface area contributed by atoms with Crippen LogP contribution in [0.4, 0.5) is 15.3 Å². The van der Waals surface area contributed by atoms with Gasteiger partial charge in [0.1, 0.15) is 5.60 Å². The minimum Gasteiger partial charge on any atom is -0.444 e. The summed E-state index contributed by atoms with van der Waals surface area (Å²) in [5.74, 6) is 0.941. The van der Waals surface area contributed by atoms with Gasteiger partial charge in [-0.25, -0.2) is 9.59 Å². The monoisotopic (exact) mass is 456 g/mol. The molecular formula is C24H32N4O3S. The van der Waals surface area contributed by atoms with Crippen molar-refractivity contribution in [2.45, 2.75) is 63.0 Å². The van der Waals surface area contributed by atoms with Gasteiger partial charge in [0, 0.05) is 23.2 Å². The van der Waals surface area contributed by atoms with E-state index in [0.717, 1.165) is 36.3 Å². The number of fused-ring (bicyclic) bond motifs is 1. The maximum Gasteiger partial charge on any atom is 0.407 e. The lowest BCUT2D eigenvalue weighted by atomic mass is 9.91. The van der Waals surface area contributed by atoms with E-state index in [4.69, 9.17) is 4.74 Å². The molecule has 0 spiro atoms. The van der Waals surface area contributed by atoms with Crippen LogP contribution in [-0.4, -0.2) is 41.0 Å². The maximum atomic E-state index is 12.2. The van der Waals surface area contributed by atoms with Crippen LogP contribution in [0, 0.1) is 0 Å². The number of hydrogen-bond donors (Lipinski definition) is 3. The van der Waals surface area contributed by atoms with Crippen molar-refractivity contribution in [1.29, 1.82) is 0 Å². The zero-order valence-corrected chi connectivity index (χ0v) is 19.8. The molecule has 2 aromatic rings. The first kappa shape index (κ1) is 23.9. The zero-order chi connectivity index (χ0) is 23.0. The topological polar surface area (TPSA) is 92.3 Å². The Balaban J connectivity index is 1.42. The highest BCUT2D eigenvalue weighted by molar-refractivity contribution is 7.99. The molecule has 1 heterocycles. The molecule has 1 atom stereocenters. The van der Waals surface area contributed by atoms with Gasteiger partial charge in [0.15, 0.2) is 0 Å². The average molecular weight is 457 g/mol. The summed E-state index contributed by atoms with van der Waals surface area (Å²) in [5, 5.41) is 8.68. The zero-order valence-electron chi connectivity index (χ0n) is 18.9. The quantitative estimate of drug-likeness (QED) is 0.412. The number of nitrogens with zero attached hydrogens (tertiary/aromatic N) is 1. The number of thioether (sulfide) groups is 1. The Bertz CT molecular complexity index is 915. The maximum absolute atomic E-state index is 12.2. The number of alkyl carbamates (subject to hydrolysis) is 1. The van der Waals surface area contributed by atoms with E-state index in [1.54, 1.807) is 18.0 Å². The molecule has 3 amide bonds. The molecule has 3 N–H and O–H groups in total. The molecule has 0 bridgehead atoms. The number of nitrogens with one attached hydrogen (secondary N) is 3. The number of carbonyl (C=O) groups is 2. The second-order valence-electron chi connectivity index (χ2n) is 8.81. The molecule has 1 unspecified atom stereocenters. The van der Waals surface area contributed by atoms with Crippen molar-refractivity contribution < 1.29 is 14.3 Å². The van der Waals surface area contributed by atoms with Crippen LogP contribution in [0.25, 0.3) is 0 Å². The summed E-state index contributed by atoms with van der Waals surface area (Å²) < 4.78 is 5.35. The van der Waals surface area contributed by atoms with Crippen molar-refractivity contribution in [2.75, 3.05) is 17.6 Å². The van der Waals surface area contributed by atoms with Crippen LogP contribution in [-0.2, 0) is 17.6 Å². The van der Waals surface area contributed by atoms with Crippen molar-refractivity contribution in [3.05, 3.63) is 53.9 Å². The summed E-state index contributed by atoms with van der Waals surface area (Å²) >= 11 is 1.78. The highest BCUT2D eigenvalue weighted by Crippen LogP contribution is 2.23. The third-order valence-corrected chi connectivity index (χ3v) is 5.95. The summed E-state index contributed by atoms with van der Waals surface area (Å²) in [6, 6.07) is 11.9. The lowest BCUT2D eigenvalue weighted by Gasteiger charge is -2.27. The van der Waals surface area contributed by atoms with Gasteiger partial charge in [0.25, 0.3) is 0 Å². The van der Waals surface area contributed by atoms with Gasteiger partial charge in [0.05, 0.1) is 11.9 Å². The molecule has 172 valence electrons. The van der Waals surface area contributed by atoms with Crippen molar-refractivity contribution >= 4 is 29.6 Å². The molecule has 0 saturated heterocycles. The normalized spacial score (nSPS) is 15.4. The Labute approximate surface area is 194 Å². The fourth-order valence-corrected chi connectivity index (χ4v) is 4.31. The molecule has 32 heavy (non-hydrogen) atoms. The van der Waals surface area contributed by atoms with Crippen LogP contribution < -0.4 is 16.0 Å². The van der Waals surface area contributed by atoms with Gasteiger partial charge in [-0.15, -0.1) is 11.8 Å².